The van der Waals surface area contributed by atoms with Crippen molar-refractivity contribution in [2.45, 2.75) is 64.8 Å². The monoisotopic (exact) mass is 418 g/mol. The van der Waals surface area contributed by atoms with Crippen LogP contribution in [-0.4, -0.2) is 59.2 Å². The van der Waals surface area contributed by atoms with E-state index in [1.165, 1.54) is 11.8 Å². The van der Waals surface area contributed by atoms with Gasteiger partial charge >= 0.3 is 0 Å². The molecule has 0 saturated carbocycles. The van der Waals surface area contributed by atoms with Gasteiger partial charge in [-0.25, -0.2) is 0 Å². The van der Waals surface area contributed by atoms with Crippen LogP contribution in [0.4, 0.5) is 0 Å². The van der Waals surface area contributed by atoms with E-state index in [-0.39, 0.29) is 30.6 Å². The molecule has 30 heavy (non-hydrogen) atoms. The maximum absolute atomic E-state index is 12.9. The highest BCUT2D eigenvalue weighted by Crippen LogP contribution is 2.12. The SMILES string of the molecule is CC(=O)N(C)[C@@H](CC(C)C)C(=O)N[C@@H](CCC(O)C=N)C(=O)NCc1ccccc1. The summed E-state index contributed by atoms with van der Waals surface area (Å²) in [6, 6.07) is 7.81. The Morgan fingerprint density at radius 1 is 1.13 bits per heavy atom. The number of carbonyl (C=O) groups excluding carboxylic acids is 3. The first kappa shape index (κ1) is 25.3. The zero-order valence-electron chi connectivity index (χ0n) is 18.2. The van der Waals surface area contributed by atoms with Crippen molar-refractivity contribution >= 4 is 23.9 Å². The molecule has 4 N–H and O–H groups in total. The molecule has 1 unspecified atom stereocenters. The third kappa shape index (κ3) is 8.73. The van der Waals surface area contributed by atoms with Crippen molar-refractivity contribution in [2.24, 2.45) is 5.92 Å². The molecule has 3 amide bonds. The summed E-state index contributed by atoms with van der Waals surface area (Å²) in [6.45, 7) is 5.62. The van der Waals surface area contributed by atoms with Crippen LogP contribution in [0.25, 0.3) is 0 Å². The molecule has 0 aliphatic heterocycles. The van der Waals surface area contributed by atoms with Crippen LogP contribution in [0.1, 0.15) is 45.6 Å². The standard InChI is InChI=1S/C22H34N4O4/c1-15(2)12-20(26(4)16(3)27)22(30)25-19(11-10-18(28)13-23)21(29)24-14-17-8-6-5-7-9-17/h5-9,13,15,18-20,23,28H,10-12,14H2,1-4H3,(H,24,29)(H,25,30)/t18?,19-,20-/m0/s1. The summed E-state index contributed by atoms with van der Waals surface area (Å²) in [5.74, 6) is -0.850. The molecule has 0 heterocycles. The second kappa shape index (κ2) is 12.7. The Hall–Kier alpha value is -2.74. The molecular weight excluding hydrogens is 384 g/mol. The zero-order valence-corrected chi connectivity index (χ0v) is 18.2. The normalized spacial score (nSPS) is 13.8. The summed E-state index contributed by atoms with van der Waals surface area (Å²) < 4.78 is 0. The van der Waals surface area contributed by atoms with Gasteiger partial charge in [-0.2, -0.15) is 0 Å². The van der Waals surface area contributed by atoms with Gasteiger partial charge in [0.05, 0.1) is 6.10 Å². The Bertz CT molecular complexity index is 708. The van der Waals surface area contributed by atoms with Crippen LogP contribution in [0, 0.1) is 11.3 Å². The number of likely N-dealkylation sites (N-methyl/N-ethyl adjacent to an activating group) is 1. The van der Waals surface area contributed by atoms with Gasteiger partial charge in [-0.15, -0.1) is 0 Å². The number of carbonyl (C=O) groups is 3. The summed E-state index contributed by atoms with van der Waals surface area (Å²) >= 11 is 0. The van der Waals surface area contributed by atoms with Crippen molar-refractivity contribution in [1.29, 1.82) is 5.41 Å². The molecule has 0 aliphatic carbocycles. The summed E-state index contributed by atoms with van der Waals surface area (Å²) in [7, 11) is 1.57. The molecule has 3 atom stereocenters. The highest BCUT2D eigenvalue weighted by atomic mass is 16.3. The zero-order chi connectivity index (χ0) is 22.7. The Kier molecular flexibility index (Phi) is 10.7. The molecular formula is C22H34N4O4. The van der Waals surface area contributed by atoms with Crippen molar-refractivity contribution in [1.82, 2.24) is 15.5 Å². The van der Waals surface area contributed by atoms with Gasteiger partial charge in [0.25, 0.3) is 0 Å². The van der Waals surface area contributed by atoms with Gasteiger partial charge in [-0.1, -0.05) is 44.2 Å². The van der Waals surface area contributed by atoms with Crippen LogP contribution in [-0.2, 0) is 20.9 Å². The number of nitrogens with zero attached hydrogens (tertiary/aromatic N) is 1. The highest BCUT2D eigenvalue weighted by Gasteiger charge is 2.30. The van der Waals surface area contributed by atoms with Crippen LogP contribution >= 0.6 is 0 Å². The number of amides is 3. The molecule has 8 heteroatoms. The van der Waals surface area contributed by atoms with Gasteiger partial charge in [0.2, 0.25) is 17.7 Å². The molecule has 0 saturated heterocycles. The Morgan fingerprint density at radius 3 is 2.30 bits per heavy atom. The minimum absolute atomic E-state index is 0.157. The van der Waals surface area contributed by atoms with Gasteiger partial charge in [0, 0.05) is 26.7 Å². The van der Waals surface area contributed by atoms with Gasteiger partial charge < -0.3 is 26.0 Å². The third-order valence-electron chi connectivity index (χ3n) is 4.85. The maximum Gasteiger partial charge on any atom is 0.243 e. The lowest BCUT2D eigenvalue weighted by atomic mass is 10.0. The molecule has 0 radical (unpaired) electrons. The maximum atomic E-state index is 12.9. The fourth-order valence-corrected chi connectivity index (χ4v) is 2.97. The molecule has 166 valence electrons. The van der Waals surface area contributed by atoms with E-state index in [4.69, 9.17) is 5.41 Å². The summed E-state index contributed by atoms with van der Waals surface area (Å²) in [5, 5.41) is 22.4. The van der Waals surface area contributed by atoms with Crippen LogP contribution in [0.15, 0.2) is 30.3 Å². The first-order valence-electron chi connectivity index (χ1n) is 10.2. The number of benzene rings is 1. The van der Waals surface area contributed by atoms with E-state index < -0.39 is 24.1 Å². The molecule has 0 spiro atoms. The van der Waals surface area contributed by atoms with E-state index in [1.54, 1.807) is 7.05 Å². The lowest BCUT2D eigenvalue weighted by Crippen LogP contribution is -2.54. The van der Waals surface area contributed by atoms with E-state index in [1.807, 2.05) is 44.2 Å². The molecule has 1 aromatic rings. The van der Waals surface area contributed by atoms with E-state index >= 15 is 0 Å². The fraction of sp³-hybridized carbons (Fsp3) is 0.545. The summed E-state index contributed by atoms with van der Waals surface area (Å²) in [4.78, 5) is 38.9. The molecule has 0 fully saturated rings. The molecule has 8 nitrogen and oxygen atoms in total. The Morgan fingerprint density at radius 2 is 1.77 bits per heavy atom. The number of aliphatic hydroxyl groups excluding tert-OH is 1. The largest absolute Gasteiger partial charge is 0.387 e. The average Bonchev–Trinajstić information content (AvgIpc) is 2.72. The van der Waals surface area contributed by atoms with Crippen molar-refractivity contribution in [3.05, 3.63) is 35.9 Å². The predicted molar refractivity (Wildman–Crippen MR) is 116 cm³/mol. The molecule has 1 aromatic carbocycles. The van der Waals surface area contributed by atoms with Gasteiger partial charge in [0.15, 0.2) is 0 Å². The lowest BCUT2D eigenvalue weighted by molar-refractivity contribution is -0.139. The van der Waals surface area contributed by atoms with Crippen LogP contribution in [0.3, 0.4) is 0 Å². The van der Waals surface area contributed by atoms with E-state index in [2.05, 4.69) is 10.6 Å². The Labute approximate surface area is 178 Å². The molecule has 1 rings (SSSR count). The van der Waals surface area contributed by atoms with E-state index in [0.717, 1.165) is 11.8 Å². The molecule has 0 bridgehead atoms. The van der Waals surface area contributed by atoms with Gasteiger partial charge in [0.1, 0.15) is 12.1 Å². The minimum atomic E-state index is -0.988. The minimum Gasteiger partial charge on any atom is -0.387 e. The quantitative estimate of drug-likeness (QED) is 0.384. The van der Waals surface area contributed by atoms with Crippen LogP contribution < -0.4 is 10.6 Å². The Balaban J connectivity index is 2.90. The number of hydrogen-bond acceptors (Lipinski definition) is 5. The number of aliphatic hydroxyl groups is 1. The highest BCUT2D eigenvalue weighted by molar-refractivity contribution is 5.91. The first-order valence-corrected chi connectivity index (χ1v) is 10.2. The number of nitrogens with one attached hydrogen (secondary N) is 3. The summed E-state index contributed by atoms with van der Waals surface area (Å²) in [5.41, 5.74) is 0.921. The van der Waals surface area contributed by atoms with E-state index in [9.17, 15) is 19.5 Å². The average molecular weight is 419 g/mol. The lowest BCUT2D eigenvalue weighted by Gasteiger charge is -2.29. The van der Waals surface area contributed by atoms with Crippen molar-refractivity contribution in [3.8, 4) is 0 Å². The number of hydrogen-bond donors (Lipinski definition) is 4. The van der Waals surface area contributed by atoms with Crippen LogP contribution in [0.2, 0.25) is 0 Å². The number of rotatable bonds is 12. The first-order chi connectivity index (χ1) is 14.1. The third-order valence-corrected chi connectivity index (χ3v) is 4.85. The van der Waals surface area contributed by atoms with Crippen molar-refractivity contribution in [3.63, 3.8) is 0 Å². The topological polar surface area (TPSA) is 123 Å². The van der Waals surface area contributed by atoms with Gasteiger partial charge in [-0.3, -0.25) is 14.4 Å². The van der Waals surface area contributed by atoms with Crippen molar-refractivity contribution in [2.75, 3.05) is 7.05 Å². The van der Waals surface area contributed by atoms with E-state index in [0.29, 0.717) is 13.0 Å². The molecule has 0 aromatic heterocycles. The summed E-state index contributed by atoms with van der Waals surface area (Å²) in [6.07, 6.45) is 0.693. The van der Waals surface area contributed by atoms with Crippen molar-refractivity contribution < 1.29 is 19.5 Å². The second-order valence-corrected chi connectivity index (χ2v) is 7.85. The molecule has 0 aliphatic rings. The fourth-order valence-electron chi connectivity index (χ4n) is 2.97. The second-order valence-electron chi connectivity index (χ2n) is 7.85. The van der Waals surface area contributed by atoms with Crippen LogP contribution in [0.5, 0.6) is 0 Å². The predicted octanol–water partition coefficient (Wildman–Crippen LogP) is 1.47. The smallest absolute Gasteiger partial charge is 0.243 e. The van der Waals surface area contributed by atoms with Gasteiger partial charge in [-0.05, 0) is 30.7 Å².